The molecule has 0 aliphatic carbocycles. The Morgan fingerprint density at radius 2 is 2.00 bits per heavy atom. The molecular weight excluding hydrogens is 270 g/mol. The van der Waals surface area contributed by atoms with Crippen LogP contribution in [0.25, 0.3) is 0 Å². The quantitative estimate of drug-likeness (QED) is 0.704. The Labute approximate surface area is 129 Å². The molecule has 1 rings (SSSR count). The first kappa shape index (κ1) is 18.8. The van der Waals surface area contributed by atoms with E-state index in [9.17, 15) is 0 Å². The topological polar surface area (TPSA) is 49.0 Å². The first-order valence-corrected chi connectivity index (χ1v) is 8.07. The minimum atomic E-state index is -0.420. The average Bonchev–Trinajstić information content (AvgIpc) is 2.46. The molecule has 0 radical (unpaired) electrons. The molecule has 1 heterocycles. The average molecular weight is 303 g/mol. The second-order valence-corrected chi connectivity index (χ2v) is 6.02. The molecule has 1 aliphatic heterocycles. The zero-order valence-electron chi connectivity index (χ0n) is 14.5. The van der Waals surface area contributed by atoms with Crippen LogP contribution in [-0.4, -0.2) is 64.4 Å². The normalized spacial score (nSPS) is 36.9. The lowest BCUT2D eigenvalue weighted by Crippen LogP contribution is -2.67. The fraction of sp³-hybridized carbons (Fsp3) is 1.00. The zero-order chi connectivity index (χ0) is 15.9. The minimum absolute atomic E-state index is 0.0246. The van der Waals surface area contributed by atoms with Crippen molar-refractivity contribution in [2.24, 2.45) is 5.92 Å². The maximum Gasteiger partial charge on any atom is 0.107 e. The summed E-state index contributed by atoms with van der Waals surface area (Å²) >= 11 is 0. The third-order valence-corrected chi connectivity index (χ3v) is 4.25. The van der Waals surface area contributed by atoms with E-state index in [1.54, 1.807) is 7.11 Å². The Morgan fingerprint density at radius 3 is 2.52 bits per heavy atom. The van der Waals surface area contributed by atoms with Gasteiger partial charge in [-0.1, -0.05) is 13.8 Å². The van der Waals surface area contributed by atoms with Gasteiger partial charge in [-0.15, -0.1) is 0 Å². The van der Waals surface area contributed by atoms with Crippen molar-refractivity contribution in [1.29, 1.82) is 0 Å². The van der Waals surface area contributed by atoms with E-state index in [2.05, 4.69) is 26.1 Å². The van der Waals surface area contributed by atoms with Gasteiger partial charge in [-0.3, -0.25) is 0 Å². The lowest BCUT2D eigenvalue weighted by atomic mass is 9.80. The number of hydrogen-bond donors (Lipinski definition) is 1. The van der Waals surface area contributed by atoms with E-state index in [4.69, 9.17) is 18.9 Å². The van der Waals surface area contributed by atoms with Crippen LogP contribution < -0.4 is 5.32 Å². The van der Waals surface area contributed by atoms with E-state index in [-0.39, 0.29) is 24.2 Å². The van der Waals surface area contributed by atoms with Crippen molar-refractivity contribution >= 4 is 0 Å². The molecule has 1 N–H and O–H groups in total. The lowest BCUT2D eigenvalue weighted by molar-refractivity contribution is -0.235. The lowest BCUT2D eigenvalue weighted by Gasteiger charge is -2.51. The molecule has 126 valence electrons. The van der Waals surface area contributed by atoms with Crippen LogP contribution in [0.5, 0.6) is 0 Å². The van der Waals surface area contributed by atoms with Crippen LogP contribution >= 0.6 is 0 Å². The van der Waals surface area contributed by atoms with E-state index in [1.165, 1.54) is 0 Å². The molecule has 0 spiro atoms. The van der Waals surface area contributed by atoms with Crippen LogP contribution in [0.2, 0.25) is 0 Å². The third kappa shape index (κ3) is 4.63. The maximum absolute atomic E-state index is 6.35. The van der Waals surface area contributed by atoms with Gasteiger partial charge in [0.1, 0.15) is 5.60 Å². The Hall–Kier alpha value is -0.200. The summed E-state index contributed by atoms with van der Waals surface area (Å²) in [5.41, 5.74) is -0.420. The number of ether oxygens (including phenoxy) is 4. The third-order valence-electron chi connectivity index (χ3n) is 4.25. The molecule has 5 atom stereocenters. The second-order valence-electron chi connectivity index (χ2n) is 6.02. The van der Waals surface area contributed by atoms with Gasteiger partial charge in [-0.25, -0.2) is 0 Å². The summed E-state index contributed by atoms with van der Waals surface area (Å²) in [7, 11) is 3.67. The van der Waals surface area contributed by atoms with Crippen molar-refractivity contribution in [3.63, 3.8) is 0 Å². The van der Waals surface area contributed by atoms with Gasteiger partial charge in [-0.2, -0.15) is 0 Å². The molecule has 0 amide bonds. The van der Waals surface area contributed by atoms with Gasteiger partial charge in [0.25, 0.3) is 0 Å². The zero-order valence-corrected chi connectivity index (χ0v) is 14.5. The largest absolute Gasteiger partial charge is 0.382 e. The van der Waals surface area contributed by atoms with Crippen LogP contribution in [-0.2, 0) is 18.9 Å². The molecule has 1 saturated heterocycles. The van der Waals surface area contributed by atoms with Crippen LogP contribution in [0.1, 0.15) is 34.1 Å². The standard InChI is InChI=1S/C16H33NO4/c1-7-9-20-14-12(3)13(10-19-8-2)21-16(4,11-18-6)15(14)17-5/h12-15,17H,7-11H2,1-6H3. The summed E-state index contributed by atoms with van der Waals surface area (Å²) in [5.74, 6) is 0.269. The second kappa shape index (κ2) is 9.06. The Balaban J connectivity index is 2.93. The molecule has 1 fully saturated rings. The predicted octanol–water partition coefficient (Wildman–Crippen LogP) is 1.85. The molecule has 0 saturated carbocycles. The first-order valence-electron chi connectivity index (χ1n) is 8.07. The first-order chi connectivity index (χ1) is 10.0. The summed E-state index contributed by atoms with van der Waals surface area (Å²) in [5, 5.41) is 3.37. The van der Waals surface area contributed by atoms with Gasteiger partial charge in [-0.05, 0) is 27.3 Å². The Morgan fingerprint density at radius 1 is 1.29 bits per heavy atom. The highest BCUT2D eigenvalue weighted by Crippen LogP contribution is 2.35. The SMILES string of the molecule is CCCOC1C(C)C(COCC)OC(C)(COC)C1NC. The predicted molar refractivity (Wildman–Crippen MR) is 83.7 cm³/mol. The summed E-state index contributed by atoms with van der Waals surface area (Å²) in [6, 6.07) is 0.0943. The van der Waals surface area contributed by atoms with E-state index < -0.39 is 5.60 Å². The summed E-state index contributed by atoms with van der Waals surface area (Å²) in [6.45, 7) is 11.0. The van der Waals surface area contributed by atoms with Crippen LogP contribution in [0.15, 0.2) is 0 Å². The van der Waals surface area contributed by atoms with Crippen LogP contribution in [0.3, 0.4) is 0 Å². The molecule has 0 aromatic heterocycles. The van der Waals surface area contributed by atoms with Gasteiger partial charge >= 0.3 is 0 Å². The van der Waals surface area contributed by atoms with Crippen molar-refractivity contribution in [3.8, 4) is 0 Å². The molecule has 0 bridgehead atoms. The highest BCUT2D eigenvalue weighted by atomic mass is 16.6. The fourth-order valence-corrected chi connectivity index (χ4v) is 3.19. The molecule has 5 heteroatoms. The van der Waals surface area contributed by atoms with Crippen LogP contribution in [0, 0.1) is 5.92 Å². The van der Waals surface area contributed by atoms with Crippen molar-refractivity contribution in [3.05, 3.63) is 0 Å². The number of likely N-dealkylation sites (N-methyl/N-ethyl adjacent to an activating group) is 1. The summed E-state index contributed by atoms with van der Waals surface area (Å²) < 4.78 is 23.5. The molecule has 0 aromatic carbocycles. The van der Waals surface area contributed by atoms with Gasteiger partial charge in [0.2, 0.25) is 0 Å². The highest BCUT2D eigenvalue weighted by molar-refractivity contribution is 5.02. The van der Waals surface area contributed by atoms with E-state index in [0.29, 0.717) is 19.8 Å². The summed E-state index contributed by atoms with van der Waals surface area (Å²) in [6.07, 6.45) is 1.13. The van der Waals surface area contributed by atoms with Crippen molar-refractivity contribution in [2.75, 3.05) is 40.6 Å². The molecule has 0 aromatic rings. The fourth-order valence-electron chi connectivity index (χ4n) is 3.19. The molecule has 21 heavy (non-hydrogen) atoms. The van der Waals surface area contributed by atoms with Crippen molar-refractivity contribution in [1.82, 2.24) is 5.32 Å². The highest BCUT2D eigenvalue weighted by Gasteiger charge is 2.50. The number of rotatable bonds is 9. The minimum Gasteiger partial charge on any atom is -0.382 e. The number of methoxy groups -OCH3 is 1. The van der Waals surface area contributed by atoms with E-state index in [0.717, 1.165) is 13.0 Å². The maximum atomic E-state index is 6.35. The van der Waals surface area contributed by atoms with Gasteiger partial charge in [0.15, 0.2) is 0 Å². The Bertz CT molecular complexity index is 289. The molecular formula is C16H33NO4. The monoisotopic (exact) mass is 303 g/mol. The van der Waals surface area contributed by atoms with Crippen molar-refractivity contribution in [2.45, 2.75) is 58.0 Å². The van der Waals surface area contributed by atoms with E-state index in [1.807, 2.05) is 14.0 Å². The Kier molecular flexibility index (Phi) is 8.13. The van der Waals surface area contributed by atoms with Gasteiger partial charge < -0.3 is 24.3 Å². The van der Waals surface area contributed by atoms with Gasteiger partial charge in [0, 0.05) is 26.2 Å². The molecule has 5 unspecified atom stereocenters. The van der Waals surface area contributed by atoms with E-state index >= 15 is 0 Å². The number of hydrogen-bond acceptors (Lipinski definition) is 5. The number of nitrogens with one attached hydrogen (secondary N) is 1. The smallest absolute Gasteiger partial charge is 0.107 e. The van der Waals surface area contributed by atoms with Gasteiger partial charge in [0.05, 0.1) is 31.5 Å². The van der Waals surface area contributed by atoms with Crippen LogP contribution in [0.4, 0.5) is 0 Å². The summed E-state index contributed by atoms with van der Waals surface area (Å²) in [4.78, 5) is 0. The molecule has 1 aliphatic rings. The molecule has 5 nitrogen and oxygen atoms in total. The van der Waals surface area contributed by atoms with Crippen molar-refractivity contribution < 1.29 is 18.9 Å².